The second kappa shape index (κ2) is 4.78. The minimum Gasteiger partial charge on any atom is -0.496 e. The molecule has 2 rings (SSSR count). The van der Waals surface area contributed by atoms with E-state index in [0.29, 0.717) is 18.0 Å². The normalized spacial score (nSPS) is 20.6. The predicted octanol–water partition coefficient (Wildman–Crippen LogP) is 3.19. The molecule has 1 aliphatic heterocycles. The number of hydrogen-bond donors (Lipinski definition) is 1. The van der Waals surface area contributed by atoms with Gasteiger partial charge < -0.3 is 10.1 Å². The number of nitrogens with one attached hydrogen (secondary N) is 1. The Kier molecular flexibility index (Phi) is 3.54. The van der Waals surface area contributed by atoms with Gasteiger partial charge in [0.2, 0.25) is 0 Å². The topological polar surface area (TPSA) is 21.3 Å². The first-order valence-electron chi connectivity index (χ1n) is 5.51. The van der Waals surface area contributed by atoms with Crippen molar-refractivity contribution in [2.24, 2.45) is 0 Å². The summed E-state index contributed by atoms with van der Waals surface area (Å²) in [6, 6.07) is 3.46. The Morgan fingerprint density at radius 2 is 2.24 bits per heavy atom. The summed E-state index contributed by atoms with van der Waals surface area (Å²) in [5.41, 5.74) is -0.146. The first kappa shape index (κ1) is 12.6. The molecule has 5 heteroatoms. The zero-order valence-electron chi connectivity index (χ0n) is 9.47. The summed E-state index contributed by atoms with van der Waals surface area (Å²) < 4.78 is 33.6. The molecule has 1 saturated heterocycles. The molecule has 1 atom stereocenters. The average molecular weight is 262 g/mol. The summed E-state index contributed by atoms with van der Waals surface area (Å²) in [4.78, 5) is 0. The van der Waals surface area contributed by atoms with E-state index >= 15 is 0 Å². The summed E-state index contributed by atoms with van der Waals surface area (Å²) in [6.45, 7) is 0.628. The van der Waals surface area contributed by atoms with Crippen molar-refractivity contribution in [3.8, 4) is 5.75 Å². The van der Waals surface area contributed by atoms with Crippen LogP contribution >= 0.6 is 11.6 Å². The van der Waals surface area contributed by atoms with E-state index < -0.39 is 12.0 Å². The van der Waals surface area contributed by atoms with E-state index in [0.717, 1.165) is 6.42 Å². The predicted molar refractivity (Wildman–Crippen MR) is 62.9 cm³/mol. The van der Waals surface area contributed by atoms with Crippen molar-refractivity contribution in [2.75, 3.05) is 13.7 Å². The molecule has 1 aromatic carbocycles. The van der Waals surface area contributed by atoms with Gasteiger partial charge in [-0.2, -0.15) is 8.78 Å². The zero-order chi connectivity index (χ0) is 12.5. The molecule has 0 bridgehead atoms. The zero-order valence-corrected chi connectivity index (χ0v) is 10.2. The smallest absolute Gasteiger partial charge is 0.291 e. The van der Waals surface area contributed by atoms with E-state index in [1.54, 1.807) is 6.07 Å². The monoisotopic (exact) mass is 261 g/mol. The van der Waals surface area contributed by atoms with Crippen LogP contribution in [-0.2, 0) is 5.92 Å². The van der Waals surface area contributed by atoms with Crippen LogP contribution in [0.5, 0.6) is 5.75 Å². The molecule has 2 nitrogen and oxygen atoms in total. The summed E-state index contributed by atoms with van der Waals surface area (Å²) in [7, 11) is 1.38. The van der Waals surface area contributed by atoms with Crippen molar-refractivity contribution in [1.82, 2.24) is 5.32 Å². The number of hydrogen-bond acceptors (Lipinski definition) is 2. The molecule has 0 aliphatic carbocycles. The maximum atomic E-state index is 14.3. The molecule has 1 N–H and O–H groups in total. The summed E-state index contributed by atoms with van der Waals surface area (Å²) in [5.74, 6) is -2.79. The lowest BCUT2D eigenvalue weighted by Gasteiger charge is -2.25. The van der Waals surface area contributed by atoms with Gasteiger partial charge in [0.25, 0.3) is 5.92 Å². The van der Waals surface area contributed by atoms with Crippen molar-refractivity contribution >= 4 is 11.6 Å². The number of halogens is 3. The number of methoxy groups -OCH3 is 1. The molecule has 0 aromatic heterocycles. The number of rotatable bonds is 3. The highest BCUT2D eigenvalue weighted by Crippen LogP contribution is 2.41. The van der Waals surface area contributed by atoms with Gasteiger partial charge in [-0.3, -0.25) is 0 Å². The first-order valence-corrected chi connectivity index (χ1v) is 5.88. The van der Waals surface area contributed by atoms with E-state index in [1.165, 1.54) is 19.2 Å². The van der Waals surface area contributed by atoms with E-state index in [-0.39, 0.29) is 11.3 Å². The van der Waals surface area contributed by atoms with Crippen molar-refractivity contribution in [3.05, 3.63) is 28.8 Å². The highest BCUT2D eigenvalue weighted by atomic mass is 35.5. The van der Waals surface area contributed by atoms with E-state index in [9.17, 15) is 8.78 Å². The Balaban J connectivity index is 2.39. The second-order valence-corrected chi connectivity index (χ2v) is 4.55. The standard InChI is InChI=1S/C12H14ClF2NO/c1-17-10-5-4-8(13)7-9(10)12(14,15)11-3-2-6-16-11/h4-5,7,11,16H,2-3,6H2,1H3. The van der Waals surface area contributed by atoms with Crippen LogP contribution in [0.1, 0.15) is 18.4 Å². The largest absolute Gasteiger partial charge is 0.496 e. The minimum absolute atomic E-state index is 0.146. The highest BCUT2D eigenvalue weighted by molar-refractivity contribution is 6.30. The van der Waals surface area contributed by atoms with Crippen LogP contribution in [-0.4, -0.2) is 19.7 Å². The first-order chi connectivity index (χ1) is 8.05. The third kappa shape index (κ3) is 2.38. The van der Waals surface area contributed by atoms with Crippen LogP contribution in [0.2, 0.25) is 5.02 Å². The summed E-state index contributed by atoms with van der Waals surface area (Å²) >= 11 is 5.78. The molecule has 1 fully saturated rings. The van der Waals surface area contributed by atoms with Gasteiger partial charge in [-0.25, -0.2) is 0 Å². The molecule has 0 amide bonds. The Morgan fingerprint density at radius 1 is 1.47 bits per heavy atom. The van der Waals surface area contributed by atoms with Gasteiger partial charge in [-0.1, -0.05) is 11.6 Å². The fourth-order valence-corrected chi connectivity index (χ4v) is 2.29. The lowest BCUT2D eigenvalue weighted by Crippen LogP contribution is -2.38. The van der Waals surface area contributed by atoms with Crippen molar-refractivity contribution < 1.29 is 13.5 Å². The Morgan fingerprint density at radius 3 is 2.82 bits per heavy atom. The highest BCUT2D eigenvalue weighted by Gasteiger charge is 2.44. The van der Waals surface area contributed by atoms with Crippen molar-refractivity contribution in [2.45, 2.75) is 24.8 Å². The van der Waals surface area contributed by atoms with Gasteiger partial charge in [-0.15, -0.1) is 0 Å². The van der Waals surface area contributed by atoms with Crippen molar-refractivity contribution in [3.63, 3.8) is 0 Å². The number of benzene rings is 1. The minimum atomic E-state index is -2.97. The SMILES string of the molecule is COc1ccc(Cl)cc1C(F)(F)C1CCCN1. The van der Waals surface area contributed by atoms with Gasteiger partial charge >= 0.3 is 0 Å². The third-order valence-electron chi connectivity index (χ3n) is 3.02. The number of alkyl halides is 2. The van der Waals surface area contributed by atoms with Crippen LogP contribution in [0, 0.1) is 0 Å². The van der Waals surface area contributed by atoms with Crippen LogP contribution in [0.4, 0.5) is 8.78 Å². The van der Waals surface area contributed by atoms with Gasteiger partial charge in [0.15, 0.2) is 0 Å². The molecule has 1 unspecified atom stereocenters. The second-order valence-electron chi connectivity index (χ2n) is 4.12. The Hall–Kier alpha value is -0.870. The maximum absolute atomic E-state index is 14.3. The molecular weight excluding hydrogens is 248 g/mol. The Labute approximate surface area is 104 Å². The molecule has 0 radical (unpaired) electrons. The fraction of sp³-hybridized carbons (Fsp3) is 0.500. The van der Waals surface area contributed by atoms with Gasteiger partial charge in [0.05, 0.1) is 18.7 Å². The molecule has 17 heavy (non-hydrogen) atoms. The lowest BCUT2D eigenvalue weighted by molar-refractivity contribution is -0.0394. The molecule has 1 heterocycles. The quantitative estimate of drug-likeness (QED) is 0.902. The molecule has 0 spiro atoms. The maximum Gasteiger partial charge on any atom is 0.291 e. The Bertz CT molecular complexity index is 405. The average Bonchev–Trinajstić information content (AvgIpc) is 2.83. The van der Waals surface area contributed by atoms with Gasteiger partial charge in [0, 0.05) is 5.02 Å². The van der Waals surface area contributed by atoms with Gasteiger partial charge in [0.1, 0.15) is 5.75 Å². The van der Waals surface area contributed by atoms with E-state index in [2.05, 4.69) is 5.32 Å². The lowest BCUT2D eigenvalue weighted by atomic mass is 9.99. The third-order valence-corrected chi connectivity index (χ3v) is 3.25. The summed E-state index contributed by atoms with van der Waals surface area (Å²) in [5, 5.41) is 3.11. The van der Waals surface area contributed by atoms with Gasteiger partial charge in [-0.05, 0) is 37.6 Å². The van der Waals surface area contributed by atoms with Crippen LogP contribution < -0.4 is 10.1 Å². The summed E-state index contributed by atoms with van der Waals surface area (Å²) in [6.07, 6.45) is 1.23. The number of ether oxygens (including phenoxy) is 1. The molecule has 0 saturated carbocycles. The van der Waals surface area contributed by atoms with E-state index in [4.69, 9.17) is 16.3 Å². The van der Waals surface area contributed by atoms with Crippen LogP contribution in [0.3, 0.4) is 0 Å². The molecular formula is C12H14ClF2NO. The molecule has 94 valence electrons. The fourth-order valence-electron chi connectivity index (χ4n) is 2.12. The molecule has 1 aliphatic rings. The van der Waals surface area contributed by atoms with Crippen molar-refractivity contribution in [1.29, 1.82) is 0 Å². The molecule has 1 aromatic rings. The van der Waals surface area contributed by atoms with Crippen LogP contribution in [0.25, 0.3) is 0 Å². The van der Waals surface area contributed by atoms with E-state index in [1.807, 2.05) is 0 Å². The van der Waals surface area contributed by atoms with Crippen LogP contribution in [0.15, 0.2) is 18.2 Å².